The highest BCUT2D eigenvalue weighted by Gasteiger charge is 2.25. The maximum absolute atomic E-state index is 8.85. The molecule has 0 unspecified atom stereocenters. The third-order valence-corrected chi connectivity index (χ3v) is 5.02. The highest BCUT2D eigenvalue weighted by Crippen LogP contribution is 2.30. The van der Waals surface area contributed by atoms with E-state index in [0.29, 0.717) is 0 Å². The Kier molecular flexibility index (Phi) is 7.09. The van der Waals surface area contributed by atoms with Crippen molar-refractivity contribution in [1.82, 2.24) is 0 Å². The molecule has 0 fully saturated rings. The minimum Gasteiger partial charge on any atom is -0.339 e. The van der Waals surface area contributed by atoms with E-state index in [1.165, 1.54) is 0 Å². The van der Waals surface area contributed by atoms with Gasteiger partial charge in [0.25, 0.3) is 0 Å². The van der Waals surface area contributed by atoms with Gasteiger partial charge >= 0.3 is 5.97 Å². The number of aliphatic hydroxyl groups is 3. The van der Waals surface area contributed by atoms with E-state index in [1.807, 2.05) is 22.6 Å². The Hall–Kier alpha value is 1.08. The maximum atomic E-state index is 8.85. The lowest BCUT2D eigenvalue weighted by molar-refractivity contribution is -0.275. The topological polar surface area (TPSA) is 60.7 Å². The molecule has 0 radical (unpaired) electrons. The monoisotopic (exact) mass is 412 g/mol. The van der Waals surface area contributed by atoms with Gasteiger partial charge in [-0.3, -0.25) is 0 Å². The summed E-state index contributed by atoms with van der Waals surface area (Å²) in [5, 5.41) is 26.6. The van der Waals surface area contributed by atoms with Crippen LogP contribution in [0.4, 0.5) is 0 Å². The second kappa shape index (κ2) is 6.54. The van der Waals surface area contributed by atoms with Crippen LogP contribution in [-0.4, -0.2) is 21.3 Å². The Morgan fingerprint density at radius 2 is 1.69 bits per heavy atom. The van der Waals surface area contributed by atoms with Crippen LogP contribution in [0.3, 0.4) is 0 Å². The van der Waals surface area contributed by atoms with Crippen molar-refractivity contribution in [2.75, 3.05) is 0 Å². The van der Waals surface area contributed by atoms with Crippen molar-refractivity contribution in [3.8, 4) is 0 Å². The number of allylic oxidation sites excluding steroid dienone is 1. The zero-order valence-corrected chi connectivity index (χ0v) is 11.7. The molecular formula is C8H14I2O3. The normalized spacial score (nSPS) is 14.3. The van der Waals surface area contributed by atoms with Gasteiger partial charge in [-0.25, -0.2) is 0 Å². The largest absolute Gasteiger partial charge is 0.339 e. The van der Waals surface area contributed by atoms with E-state index in [0.717, 1.165) is 29.3 Å². The molecule has 0 spiro atoms. The molecule has 0 amide bonds. The van der Waals surface area contributed by atoms with Crippen molar-refractivity contribution in [2.24, 2.45) is 0 Å². The van der Waals surface area contributed by atoms with E-state index in [1.54, 1.807) is 22.6 Å². The zero-order chi connectivity index (χ0) is 10.5. The molecule has 0 aliphatic heterocycles. The predicted molar refractivity (Wildman–Crippen MR) is 68.6 cm³/mol. The minimum absolute atomic E-state index is 0.196. The van der Waals surface area contributed by atoms with Gasteiger partial charge in [-0.1, -0.05) is 19.8 Å². The van der Waals surface area contributed by atoms with Gasteiger partial charge < -0.3 is 15.3 Å². The van der Waals surface area contributed by atoms with Gasteiger partial charge in [-0.2, -0.15) is 0 Å². The molecule has 0 bridgehead atoms. The number of rotatable bonds is 5. The molecule has 0 heterocycles. The summed E-state index contributed by atoms with van der Waals surface area (Å²) in [6.45, 7) is 2.11. The van der Waals surface area contributed by atoms with Crippen molar-refractivity contribution in [3.05, 3.63) is 7.16 Å². The molecule has 0 saturated carbocycles. The highest BCUT2D eigenvalue weighted by molar-refractivity contribution is 14.1. The summed E-state index contributed by atoms with van der Waals surface area (Å²) in [6, 6.07) is 0. The lowest BCUT2D eigenvalue weighted by Gasteiger charge is -2.15. The van der Waals surface area contributed by atoms with Crippen LogP contribution in [0.5, 0.6) is 0 Å². The Bertz CT molecular complexity index is 184. The Labute approximate surface area is 106 Å². The van der Waals surface area contributed by atoms with E-state index in [2.05, 4.69) is 6.92 Å². The molecule has 78 valence electrons. The van der Waals surface area contributed by atoms with Crippen molar-refractivity contribution in [3.63, 3.8) is 0 Å². The predicted octanol–water partition coefficient (Wildman–Crippen LogP) is 2.28. The van der Waals surface area contributed by atoms with Gasteiger partial charge in [0.15, 0.2) is 0 Å². The van der Waals surface area contributed by atoms with Gasteiger partial charge in [-0.05, 0) is 58.0 Å². The lowest BCUT2D eigenvalue weighted by atomic mass is 10.2. The standard InChI is InChI=1S/C8H14I2O3/c1-2-3-4-5-6(9)7(10)8(11,12)13/h11-13H,2-5H2,1H3/b7-6+. The Morgan fingerprint density at radius 1 is 1.15 bits per heavy atom. The van der Waals surface area contributed by atoms with E-state index in [4.69, 9.17) is 15.3 Å². The van der Waals surface area contributed by atoms with E-state index in [9.17, 15) is 0 Å². The molecule has 3 nitrogen and oxygen atoms in total. The van der Waals surface area contributed by atoms with E-state index in [-0.39, 0.29) is 3.58 Å². The maximum Gasteiger partial charge on any atom is 0.311 e. The highest BCUT2D eigenvalue weighted by atomic mass is 127. The van der Waals surface area contributed by atoms with Gasteiger partial charge in [0.1, 0.15) is 0 Å². The molecule has 13 heavy (non-hydrogen) atoms. The van der Waals surface area contributed by atoms with Crippen molar-refractivity contribution < 1.29 is 15.3 Å². The average Bonchev–Trinajstić information content (AvgIpc) is 2.01. The van der Waals surface area contributed by atoms with Gasteiger partial charge in [0.05, 0.1) is 3.58 Å². The van der Waals surface area contributed by atoms with Crippen molar-refractivity contribution in [2.45, 2.75) is 38.6 Å². The summed E-state index contributed by atoms with van der Waals surface area (Å²) in [4.78, 5) is 0. The smallest absolute Gasteiger partial charge is 0.311 e. The van der Waals surface area contributed by atoms with Crippen LogP contribution in [-0.2, 0) is 0 Å². The van der Waals surface area contributed by atoms with Crippen LogP contribution in [0, 0.1) is 0 Å². The molecule has 0 aromatic heterocycles. The van der Waals surface area contributed by atoms with E-state index < -0.39 is 5.97 Å². The molecule has 5 heteroatoms. The number of hydrogen-bond acceptors (Lipinski definition) is 3. The Morgan fingerprint density at radius 3 is 2.08 bits per heavy atom. The summed E-state index contributed by atoms with van der Waals surface area (Å²) in [7, 11) is 0. The van der Waals surface area contributed by atoms with Crippen LogP contribution in [0.1, 0.15) is 32.6 Å². The second-order valence-electron chi connectivity index (χ2n) is 2.81. The van der Waals surface area contributed by atoms with Gasteiger partial charge in [-0.15, -0.1) is 0 Å². The lowest BCUT2D eigenvalue weighted by Crippen LogP contribution is -2.27. The molecular weight excluding hydrogens is 398 g/mol. The average molecular weight is 412 g/mol. The summed E-state index contributed by atoms with van der Waals surface area (Å²) < 4.78 is 1.00. The van der Waals surface area contributed by atoms with Crippen molar-refractivity contribution >= 4 is 45.2 Å². The molecule has 0 saturated heterocycles. The SMILES string of the molecule is CCCCC/C(I)=C(\I)C(O)(O)O. The first-order valence-corrected chi connectivity index (χ1v) is 6.27. The third kappa shape index (κ3) is 6.21. The zero-order valence-electron chi connectivity index (χ0n) is 7.43. The molecule has 0 rings (SSSR count). The summed E-state index contributed by atoms with van der Waals surface area (Å²) in [6.07, 6.45) is 4.04. The molecule has 0 aromatic carbocycles. The molecule has 0 aliphatic carbocycles. The van der Waals surface area contributed by atoms with E-state index >= 15 is 0 Å². The molecule has 0 atom stereocenters. The first-order chi connectivity index (χ1) is 5.89. The van der Waals surface area contributed by atoms with Crippen LogP contribution in [0.15, 0.2) is 7.16 Å². The quantitative estimate of drug-likeness (QED) is 0.369. The molecule has 0 aliphatic rings. The first-order valence-electron chi connectivity index (χ1n) is 4.11. The second-order valence-corrected chi connectivity index (χ2v) is 5.19. The molecule has 3 N–H and O–H groups in total. The summed E-state index contributed by atoms with van der Waals surface area (Å²) in [5.74, 6) is -2.66. The third-order valence-electron chi connectivity index (χ3n) is 1.53. The number of hydrogen-bond donors (Lipinski definition) is 3. The van der Waals surface area contributed by atoms with Crippen LogP contribution in [0.2, 0.25) is 0 Å². The van der Waals surface area contributed by atoms with Crippen LogP contribution < -0.4 is 0 Å². The number of halogens is 2. The molecule has 0 aromatic rings. The fraction of sp³-hybridized carbons (Fsp3) is 0.750. The number of unbranched alkanes of at least 4 members (excludes halogenated alkanes) is 2. The fourth-order valence-corrected chi connectivity index (χ4v) is 1.83. The fourth-order valence-electron chi connectivity index (χ4n) is 0.822. The van der Waals surface area contributed by atoms with Crippen molar-refractivity contribution in [1.29, 1.82) is 0 Å². The van der Waals surface area contributed by atoms with Gasteiger partial charge in [0, 0.05) is 3.58 Å². The Balaban J connectivity index is 4.12. The van der Waals surface area contributed by atoms with Crippen LogP contribution in [0.25, 0.3) is 0 Å². The van der Waals surface area contributed by atoms with Gasteiger partial charge in [0.2, 0.25) is 0 Å². The summed E-state index contributed by atoms with van der Waals surface area (Å²) >= 11 is 3.77. The van der Waals surface area contributed by atoms with Crippen LogP contribution >= 0.6 is 45.2 Å². The first kappa shape index (κ1) is 14.1. The minimum atomic E-state index is -2.66. The summed E-state index contributed by atoms with van der Waals surface area (Å²) in [5.41, 5.74) is 0.